The monoisotopic (exact) mass is 596 g/mol. The van der Waals surface area contributed by atoms with Crippen LogP contribution in [-0.4, -0.2) is 13.7 Å². The zero-order valence-corrected chi connectivity index (χ0v) is 23.9. The Kier molecular flexibility index (Phi) is 11.2. The van der Waals surface area contributed by atoms with Crippen molar-refractivity contribution in [3.05, 3.63) is 91.9 Å². The number of hydrogen-bond acceptors (Lipinski definition) is 2. The molecule has 4 heteroatoms. The van der Waals surface area contributed by atoms with Crippen LogP contribution in [0.4, 0.5) is 0 Å². The van der Waals surface area contributed by atoms with E-state index in [1.54, 1.807) is 7.11 Å². The van der Waals surface area contributed by atoms with Gasteiger partial charge in [0.15, 0.2) is 0 Å². The minimum absolute atomic E-state index is 0.558. The molecule has 0 aromatic heterocycles. The normalized spacial score (nSPS) is 12.4. The lowest BCUT2D eigenvalue weighted by molar-refractivity contribution is 0.232. The van der Waals surface area contributed by atoms with Crippen LogP contribution in [0, 0.1) is 5.92 Å². The van der Waals surface area contributed by atoms with Crippen LogP contribution in [0.2, 0.25) is 0 Å². The summed E-state index contributed by atoms with van der Waals surface area (Å²) in [6.45, 7) is 5.21. The molecule has 0 N–H and O–H groups in total. The van der Waals surface area contributed by atoms with Crippen molar-refractivity contribution >= 4 is 56.2 Å². The van der Waals surface area contributed by atoms with Gasteiger partial charge in [-0.2, -0.15) is 0 Å². The van der Waals surface area contributed by atoms with Crippen LogP contribution < -0.4 is 9.47 Å². The van der Waals surface area contributed by atoms with E-state index < -0.39 is 0 Å². The average molecular weight is 598 g/mol. The summed E-state index contributed by atoms with van der Waals surface area (Å²) in [6.07, 6.45) is 13.2. The Bertz CT molecular complexity index is 1120. The van der Waals surface area contributed by atoms with Crippen LogP contribution in [0.25, 0.3) is 24.3 Å². The fraction of sp³-hybridized carbons (Fsp3) is 0.290. The third kappa shape index (κ3) is 8.70. The molecule has 184 valence electrons. The second kappa shape index (κ2) is 14.3. The first kappa shape index (κ1) is 27.3. The van der Waals surface area contributed by atoms with Crippen molar-refractivity contribution in [3.8, 4) is 11.5 Å². The zero-order valence-electron chi connectivity index (χ0n) is 20.8. The van der Waals surface area contributed by atoms with Crippen LogP contribution in [0.1, 0.15) is 61.8 Å². The Balaban J connectivity index is 1.93. The van der Waals surface area contributed by atoms with Gasteiger partial charge in [0.2, 0.25) is 0 Å². The third-order valence-corrected chi connectivity index (χ3v) is 7.09. The number of ether oxygens (including phenoxy) is 2. The maximum atomic E-state index is 6.45. The summed E-state index contributed by atoms with van der Waals surface area (Å²) < 4.78 is 14.3. The molecule has 0 fully saturated rings. The predicted octanol–water partition coefficient (Wildman–Crippen LogP) is 10.2. The lowest BCUT2D eigenvalue weighted by Crippen LogP contribution is -2.12. The molecule has 0 spiro atoms. The summed E-state index contributed by atoms with van der Waals surface area (Å²) in [5.41, 5.74) is 4.26. The molecule has 3 rings (SSSR count). The first-order valence-corrected chi connectivity index (χ1v) is 13.8. The molecule has 3 aromatic rings. The molecule has 0 saturated carbocycles. The van der Waals surface area contributed by atoms with Crippen molar-refractivity contribution in [2.75, 3.05) is 13.7 Å². The van der Waals surface area contributed by atoms with E-state index in [-0.39, 0.29) is 0 Å². The number of rotatable bonds is 12. The van der Waals surface area contributed by atoms with Crippen LogP contribution in [0.15, 0.2) is 69.6 Å². The maximum absolute atomic E-state index is 6.45. The fourth-order valence-corrected chi connectivity index (χ4v) is 4.31. The smallest absolute Gasteiger partial charge is 0.127 e. The number of benzene rings is 3. The number of hydrogen-bond donors (Lipinski definition) is 0. The van der Waals surface area contributed by atoms with Gasteiger partial charge in [0, 0.05) is 20.1 Å². The second-order valence-corrected chi connectivity index (χ2v) is 10.5. The van der Waals surface area contributed by atoms with E-state index in [2.05, 4.69) is 106 Å². The molecular formula is C31H34Br2O2. The Morgan fingerprint density at radius 3 is 1.74 bits per heavy atom. The quantitative estimate of drug-likeness (QED) is 0.193. The van der Waals surface area contributed by atoms with Crippen LogP contribution in [0.3, 0.4) is 0 Å². The van der Waals surface area contributed by atoms with Gasteiger partial charge < -0.3 is 9.47 Å². The molecule has 0 heterocycles. The molecule has 3 aromatic carbocycles. The molecule has 0 amide bonds. The molecule has 0 aliphatic carbocycles. The predicted molar refractivity (Wildman–Crippen MR) is 158 cm³/mol. The van der Waals surface area contributed by atoms with E-state index in [1.165, 1.54) is 19.3 Å². The molecule has 1 atom stereocenters. The second-order valence-electron chi connectivity index (χ2n) is 8.63. The molecule has 1 unspecified atom stereocenters. The molecule has 0 aliphatic rings. The van der Waals surface area contributed by atoms with Gasteiger partial charge >= 0.3 is 0 Å². The molecule has 2 nitrogen and oxygen atoms in total. The van der Waals surface area contributed by atoms with Crippen molar-refractivity contribution in [2.45, 2.75) is 39.5 Å². The highest BCUT2D eigenvalue weighted by molar-refractivity contribution is 9.10. The lowest BCUT2D eigenvalue weighted by atomic mass is 10.0. The van der Waals surface area contributed by atoms with Gasteiger partial charge in [-0.1, -0.05) is 114 Å². The van der Waals surface area contributed by atoms with Crippen LogP contribution in [0.5, 0.6) is 11.5 Å². The standard InChI is InChI=1S/C31H34Br2O2/c1-4-6-7-23(5-2)22-35-31-21-26(14-8-24-10-16-28(32)17-11-24)30(34-3)20-27(31)15-9-25-12-18-29(33)19-13-25/h8-21,23H,4-7,22H2,1-3H3/b14-8+,15-9+. The van der Waals surface area contributed by atoms with Crippen molar-refractivity contribution in [3.63, 3.8) is 0 Å². The fourth-order valence-electron chi connectivity index (χ4n) is 3.78. The zero-order chi connectivity index (χ0) is 25.0. The summed E-state index contributed by atoms with van der Waals surface area (Å²) in [4.78, 5) is 0. The Morgan fingerprint density at radius 1 is 0.743 bits per heavy atom. The summed E-state index contributed by atoms with van der Waals surface area (Å²) in [5.74, 6) is 2.26. The number of methoxy groups -OCH3 is 1. The first-order valence-electron chi connectivity index (χ1n) is 12.2. The molecule has 35 heavy (non-hydrogen) atoms. The summed E-state index contributed by atoms with van der Waals surface area (Å²) in [5, 5.41) is 0. The Hall–Kier alpha value is -2.30. The van der Waals surface area contributed by atoms with E-state index in [1.807, 2.05) is 24.3 Å². The molecular weight excluding hydrogens is 564 g/mol. The van der Waals surface area contributed by atoms with Gasteiger partial charge in [0.25, 0.3) is 0 Å². The van der Waals surface area contributed by atoms with E-state index in [9.17, 15) is 0 Å². The largest absolute Gasteiger partial charge is 0.496 e. The SMILES string of the molecule is CCCCC(CC)COc1cc(/C=C/c2ccc(Br)cc2)c(OC)cc1/C=C/c1ccc(Br)cc1. The van der Waals surface area contributed by atoms with Gasteiger partial charge in [0.05, 0.1) is 13.7 Å². The molecule has 0 radical (unpaired) electrons. The molecule has 0 bridgehead atoms. The lowest BCUT2D eigenvalue weighted by Gasteiger charge is -2.18. The third-order valence-electron chi connectivity index (χ3n) is 6.03. The van der Waals surface area contributed by atoms with E-state index >= 15 is 0 Å². The molecule has 0 aliphatic heterocycles. The number of halogens is 2. The minimum atomic E-state index is 0.558. The Morgan fingerprint density at radius 2 is 1.26 bits per heavy atom. The van der Waals surface area contributed by atoms with Crippen molar-refractivity contribution in [2.24, 2.45) is 5.92 Å². The summed E-state index contributed by atoms with van der Waals surface area (Å²) in [7, 11) is 1.72. The Labute approximate surface area is 227 Å². The first-order chi connectivity index (χ1) is 17.0. The molecule has 0 saturated heterocycles. The summed E-state index contributed by atoms with van der Waals surface area (Å²) >= 11 is 7.00. The van der Waals surface area contributed by atoms with Gasteiger partial charge in [-0.25, -0.2) is 0 Å². The number of unbranched alkanes of at least 4 members (excludes halogenated alkanes) is 1. The van der Waals surface area contributed by atoms with Crippen molar-refractivity contribution in [1.82, 2.24) is 0 Å². The highest BCUT2D eigenvalue weighted by Crippen LogP contribution is 2.33. The van der Waals surface area contributed by atoms with E-state index in [0.29, 0.717) is 5.92 Å². The van der Waals surface area contributed by atoms with E-state index in [0.717, 1.165) is 55.7 Å². The average Bonchev–Trinajstić information content (AvgIpc) is 2.88. The highest BCUT2D eigenvalue weighted by atomic mass is 79.9. The van der Waals surface area contributed by atoms with Crippen molar-refractivity contribution in [1.29, 1.82) is 0 Å². The van der Waals surface area contributed by atoms with E-state index in [4.69, 9.17) is 9.47 Å². The van der Waals surface area contributed by atoms with Crippen molar-refractivity contribution < 1.29 is 9.47 Å². The van der Waals surface area contributed by atoms with Gasteiger partial charge in [-0.3, -0.25) is 0 Å². The van der Waals surface area contributed by atoms with Gasteiger partial charge in [-0.15, -0.1) is 0 Å². The summed E-state index contributed by atoms with van der Waals surface area (Å²) in [6, 6.07) is 20.7. The minimum Gasteiger partial charge on any atom is -0.496 e. The van der Waals surface area contributed by atoms with Gasteiger partial charge in [0.1, 0.15) is 11.5 Å². The van der Waals surface area contributed by atoms with Crippen LogP contribution in [-0.2, 0) is 0 Å². The topological polar surface area (TPSA) is 18.5 Å². The van der Waals surface area contributed by atoms with Gasteiger partial charge in [-0.05, 0) is 59.9 Å². The highest BCUT2D eigenvalue weighted by Gasteiger charge is 2.12. The maximum Gasteiger partial charge on any atom is 0.127 e. The van der Waals surface area contributed by atoms with Crippen LogP contribution >= 0.6 is 31.9 Å².